The van der Waals surface area contributed by atoms with Crippen LogP contribution in [-0.4, -0.2) is 71.1 Å². The Hall–Kier alpha value is -3.07. The van der Waals surface area contributed by atoms with Gasteiger partial charge in [0.15, 0.2) is 0 Å². The SMILES string of the molecule is CN1CCN(CCCNc2ccnc(Nc3cccc(-c4nc5ccccc5s4)c3)n2)CC1. The molecule has 4 aromatic rings. The summed E-state index contributed by atoms with van der Waals surface area (Å²) < 4.78 is 1.19. The highest BCUT2D eigenvalue weighted by atomic mass is 32.1. The van der Waals surface area contributed by atoms with Crippen LogP contribution in [-0.2, 0) is 0 Å². The number of fused-ring (bicyclic) bond motifs is 1. The number of aromatic nitrogens is 3. The highest BCUT2D eigenvalue weighted by Crippen LogP contribution is 2.31. The standard InChI is InChI=1S/C25H29N7S/c1-31-14-16-32(17-15-31)13-5-11-26-23-10-12-27-25(30-23)28-20-7-4-6-19(18-20)24-29-21-8-2-3-9-22(21)33-24/h2-4,6-10,12,18H,5,11,13-17H2,1H3,(H2,26,27,28,30). The number of nitrogens with one attached hydrogen (secondary N) is 2. The quantitative estimate of drug-likeness (QED) is 0.375. The number of para-hydroxylation sites is 1. The van der Waals surface area contributed by atoms with Crippen molar-refractivity contribution in [2.75, 3.05) is 56.9 Å². The molecular formula is C25H29N7S. The fourth-order valence-corrected chi connectivity index (χ4v) is 4.92. The van der Waals surface area contributed by atoms with Gasteiger partial charge < -0.3 is 20.4 Å². The second kappa shape index (κ2) is 10.2. The van der Waals surface area contributed by atoms with Gasteiger partial charge >= 0.3 is 0 Å². The number of nitrogens with zero attached hydrogens (tertiary/aromatic N) is 5. The van der Waals surface area contributed by atoms with Crippen LogP contribution in [0.5, 0.6) is 0 Å². The lowest BCUT2D eigenvalue weighted by molar-refractivity contribution is 0.154. The van der Waals surface area contributed by atoms with E-state index < -0.39 is 0 Å². The van der Waals surface area contributed by atoms with E-state index in [1.807, 2.05) is 30.3 Å². The van der Waals surface area contributed by atoms with Crippen molar-refractivity contribution in [2.45, 2.75) is 6.42 Å². The van der Waals surface area contributed by atoms with Crippen LogP contribution in [0.2, 0.25) is 0 Å². The minimum Gasteiger partial charge on any atom is -0.370 e. The van der Waals surface area contributed by atoms with E-state index in [-0.39, 0.29) is 0 Å². The smallest absolute Gasteiger partial charge is 0.229 e. The predicted octanol–water partition coefficient (Wildman–Crippen LogP) is 4.55. The molecule has 0 radical (unpaired) electrons. The van der Waals surface area contributed by atoms with Gasteiger partial charge in [0, 0.05) is 50.2 Å². The number of anilines is 3. The molecule has 0 spiro atoms. The van der Waals surface area contributed by atoms with Crippen LogP contribution in [0.4, 0.5) is 17.5 Å². The summed E-state index contributed by atoms with van der Waals surface area (Å²) in [4.78, 5) is 18.7. The summed E-state index contributed by atoms with van der Waals surface area (Å²) in [6, 6.07) is 18.4. The van der Waals surface area contributed by atoms with Crippen LogP contribution in [0.1, 0.15) is 6.42 Å². The molecule has 1 fully saturated rings. The Kier molecular flexibility index (Phi) is 6.76. The lowest BCUT2D eigenvalue weighted by atomic mass is 10.2. The second-order valence-corrected chi connectivity index (χ2v) is 9.41. The third-order valence-corrected chi connectivity index (χ3v) is 6.95. The molecule has 7 nitrogen and oxygen atoms in total. The number of hydrogen-bond donors (Lipinski definition) is 2. The molecule has 0 unspecified atom stereocenters. The molecule has 170 valence electrons. The number of piperazine rings is 1. The van der Waals surface area contributed by atoms with Gasteiger partial charge in [0.25, 0.3) is 0 Å². The summed E-state index contributed by atoms with van der Waals surface area (Å²) in [5.41, 5.74) is 3.06. The van der Waals surface area contributed by atoms with Crippen LogP contribution < -0.4 is 10.6 Å². The fraction of sp³-hybridized carbons (Fsp3) is 0.320. The van der Waals surface area contributed by atoms with E-state index in [1.54, 1.807) is 17.5 Å². The van der Waals surface area contributed by atoms with Crippen LogP contribution in [0.15, 0.2) is 60.8 Å². The minimum absolute atomic E-state index is 0.584. The first-order chi connectivity index (χ1) is 16.2. The molecule has 0 amide bonds. The van der Waals surface area contributed by atoms with E-state index in [4.69, 9.17) is 4.98 Å². The van der Waals surface area contributed by atoms with Crippen LogP contribution in [0.25, 0.3) is 20.8 Å². The zero-order chi connectivity index (χ0) is 22.5. The van der Waals surface area contributed by atoms with E-state index in [9.17, 15) is 0 Å². The first-order valence-corrected chi connectivity index (χ1v) is 12.3. The molecule has 1 aliphatic rings. The summed E-state index contributed by atoms with van der Waals surface area (Å²) in [5.74, 6) is 1.42. The van der Waals surface area contributed by atoms with Gasteiger partial charge in [-0.2, -0.15) is 4.98 Å². The Morgan fingerprint density at radius 1 is 0.970 bits per heavy atom. The molecule has 33 heavy (non-hydrogen) atoms. The molecule has 2 aromatic carbocycles. The molecule has 2 aromatic heterocycles. The fourth-order valence-electron chi connectivity index (χ4n) is 3.96. The maximum atomic E-state index is 4.77. The highest BCUT2D eigenvalue weighted by molar-refractivity contribution is 7.21. The van der Waals surface area contributed by atoms with Gasteiger partial charge in [-0.15, -0.1) is 11.3 Å². The number of likely N-dealkylation sites (N-methyl/N-ethyl adjacent to an activating group) is 1. The zero-order valence-corrected chi connectivity index (χ0v) is 19.7. The van der Waals surface area contributed by atoms with Crippen molar-refractivity contribution in [3.8, 4) is 10.6 Å². The molecule has 0 atom stereocenters. The third kappa shape index (κ3) is 5.65. The van der Waals surface area contributed by atoms with Crippen LogP contribution in [0.3, 0.4) is 0 Å². The molecule has 3 heterocycles. The number of thiazole rings is 1. The van der Waals surface area contributed by atoms with Gasteiger partial charge in [0.1, 0.15) is 10.8 Å². The average molecular weight is 460 g/mol. The lowest BCUT2D eigenvalue weighted by Gasteiger charge is -2.32. The maximum Gasteiger partial charge on any atom is 0.229 e. The summed E-state index contributed by atoms with van der Waals surface area (Å²) in [6.45, 7) is 6.66. The van der Waals surface area contributed by atoms with Crippen molar-refractivity contribution in [2.24, 2.45) is 0 Å². The van der Waals surface area contributed by atoms with Gasteiger partial charge in [-0.25, -0.2) is 9.97 Å². The summed E-state index contributed by atoms with van der Waals surface area (Å²) >= 11 is 1.70. The first-order valence-electron chi connectivity index (χ1n) is 11.4. The molecule has 5 rings (SSSR count). The van der Waals surface area contributed by atoms with Crippen LogP contribution in [0, 0.1) is 0 Å². The van der Waals surface area contributed by atoms with Gasteiger partial charge in [-0.3, -0.25) is 0 Å². The predicted molar refractivity (Wildman–Crippen MR) is 137 cm³/mol. The zero-order valence-electron chi connectivity index (χ0n) is 18.9. The normalized spacial score (nSPS) is 15.1. The van der Waals surface area contributed by atoms with Gasteiger partial charge in [-0.05, 0) is 50.3 Å². The molecular weight excluding hydrogens is 430 g/mol. The van der Waals surface area contributed by atoms with Crippen molar-refractivity contribution >= 4 is 39.0 Å². The molecule has 8 heteroatoms. The van der Waals surface area contributed by atoms with Crippen molar-refractivity contribution in [1.29, 1.82) is 0 Å². The average Bonchev–Trinajstić information content (AvgIpc) is 3.28. The largest absolute Gasteiger partial charge is 0.370 e. The molecule has 1 saturated heterocycles. The summed E-state index contributed by atoms with van der Waals surface area (Å²) in [7, 11) is 2.19. The maximum absolute atomic E-state index is 4.77. The first kappa shape index (κ1) is 21.8. The lowest BCUT2D eigenvalue weighted by Crippen LogP contribution is -2.44. The van der Waals surface area contributed by atoms with Gasteiger partial charge in [0.05, 0.1) is 10.2 Å². The topological polar surface area (TPSA) is 69.2 Å². The summed E-state index contributed by atoms with van der Waals surface area (Å²) in [5, 5.41) is 7.78. The third-order valence-electron chi connectivity index (χ3n) is 5.87. The molecule has 0 saturated carbocycles. The van der Waals surface area contributed by atoms with E-state index in [0.29, 0.717) is 5.95 Å². The van der Waals surface area contributed by atoms with Crippen molar-refractivity contribution in [1.82, 2.24) is 24.8 Å². The van der Waals surface area contributed by atoms with Gasteiger partial charge in [0.2, 0.25) is 5.95 Å². The number of benzene rings is 2. The Bertz CT molecular complexity index is 1170. The monoisotopic (exact) mass is 459 g/mol. The highest BCUT2D eigenvalue weighted by Gasteiger charge is 2.13. The second-order valence-electron chi connectivity index (χ2n) is 8.38. The Morgan fingerprint density at radius 3 is 2.73 bits per heavy atom. The van der Waals surface area contributed by atoms with E-state index in [1.165, 1.54) is 4.70 Å². The number of hydrogen-bond acceptors (Lipinski definition) is 8. The van der Waals surface area contributed by atoms with E-state index in [0.717, 1.165) is 73.3 Å². The van der Waals surface area contributed by atoms with E-state index in [2.05, 4.69) is 61.7 Å². The Balaban J connectivity index is 1.18. The molecule has 1 aliphatic heterocycles. The van der Waals surface area contributed by atoms with Crippen LogP contribution >= 0.6 is 11.3 Å². The minimum atomic E-state index is 0.584. The molecule has 0 aliphatic carbocycles. The Morgan fingerprint density at radius 2 is 1.85 bits per heavy atom. The summed E-state index contributed by atoms with van der Waals surface area (Å²) in [6.07, 6.45) is 2.89. The van der Waals surface area contributed by atoms with Crippen molar-refractivity contribution in [3.63, 3.8) is 0 Å². The van der Waals surface area contributed by atoms with E-state index >= 15 is 0 Å². The molecule has 2 N–H and O–H groups in total. The molecule has 0 bridgehead atoms. The number of rotatable bonds is 8. The van der Waals surface area contributed by atoms with Crippen molar-refractivity contribution in [3.05, 3.63) is 60.8 Å². The Labute approximate surface area is 198 Å². The van der Waals surface area contributed by atoms with Gasteiger partial charge in [-0.1, -0.05) is 24.3 Å². The van der Waals surface area contributed by atoms with Crippen molar-refractivity contribution < 1.29 is 0 Å².